The van der Waals surface area contributed by atoms with Gasteiger partial charge in [0.05, 0.1) is 12.2 Å². The van der Waals surface area contributed by atoms with Gasteiger partial charge in [0.2, 0.25) is 0 Å². The molecule has 20 heavy (non-hydrogen) atoms. The van der Waals surface area contributed by atoms with Gasteiger partial charge in [-0.25, -0.2) is 0 Å². The molecule has 112 valence electrons. The third-order valence-corrected chi connectivity index (χ3v) is 5.25. The monoisotopic (exact) mass is 295 g/mol. The molecule has 0 aromatic carbocycles. The van der Waals surface area contributed by atoms with E-state index in [1.165, 1.54) is 35.7 Å². The van der Waals surface area contributed by atoms with E-state index in [0.717, 1.165) is 32.6 Å². The van der Waals surface area contributed by atoms with E-state index in [1.807, 2.05) is 11.3 Å². The molecule has 0 bridgehead atoms. The molecule has 0 amide bonds. The van der Waals surface area contributed by atoms with Gasteiger partial charge >= 0.3 is 0 Å². The molecule has 3 rings (SSSR count). The quantitative estimate of drug-likeness (QED) is 0.851. The van der Waals surface area contributed by atoms with Crippen LogP contribution in [-0.4, -0.2) is 43.4 Å². The number of piperidine rings is 1. The van der Waals surface area contributed by atoms with Crippen LogP contribution in [0.4, 0.5) is 0 Å². The van der Waals surface area contributed by atoms with Crippen molar-refractivity contribution in [2.45, 2.75) is 51.4 Å². The second-order valence-electron chi connectivity index (χ2n) is 5.94. The van der Waals surface area contributed by atoms with E-state index in [1.54, 1.807) is 0 Å². The number of aryl methyl sites for hydroxylation is 1. The highest BCUT2D eigenvalue weighted by Crippen LogP contribution is 2.23. The Hall–Kier alpha value is -0.420. The molecule has 3 nitrogen and oxygen atoms in total. The van der Waals surface area contributed by atoms with Crippen molar-refractivity contribution in [3.63, 3.8) is 0 Å². The summed E-state index contributed by atoms with van der Waals surface area (Å²) in [4.78, 5) is 5.47. The maximum atomic E-state index is 6.23. The van der Waals surface area contributed by atoms with Crippen LogP contribution < -0.4 is 0 Å². The van der Waals surface area contributed by atoms with Crippen LogP contribution in [0.25, 0.3) is 0 Å². The molecule has 0 saturated carbocycles. The lowest BCUT2D eigenvalue weighted by Gasteiger charge is -2.34. The van der Waals surface area contributed by atoms with Crippen LogP contribution in [0.5, 0.6) is 0 Å². The summed E-state index contributed by atoms with van der Waals surface area (Å²) in [5.74, 6) is 0. The fourth-order valence-electron chi connectivity index (χ4n) is 3.08. The van der Waals surface area contributed by atoms with Crippen LogP contribution in [0.3, 0.4) is 0 Å². The average Bonchev–Trinajstić information content (AvgIpc) is 2.88. The van der Waals surface area contributed by atoms with E-state index >= 15 is 0 Å². The first kappa shape index (κ1) is 14.5. The fraction of sp³-hybridized carbons (Fsp3) is 0.750. The maximum absolute atomic E-state index is 6.23. The Morgan fingerprint density at radius 2 is 1.85 bits per heavy atom. The molecule has 0 unspecified atom stereocenters. The van der Waals surface area contributed by atoms with E-state index in [9.17, 15) is 0 Å². The van der Waals surface area contributed by atoms with Gasteiger partial charge in [0.1, 0.15) is 0 Å². The molecule has 3 heterocycles. The van der Waals surface area contributed by atoms with Crippen LogP contribution in [0.15, 0.2) is 12.1 Å². The Bertz CT molecular complexity index is 406. The molecular formula is C16H25NO2S. The van der Waals surface area contributed by atoms with Crippen molar-refractivity contribution in [3.05, 3.63) is 21.9 Å². The molecule has 0 radical (unpaired) electrons. The average molecular weight is 295 g/mol. The predicted octanol–water partition coefficient (Wildman–Crippen LogP) is 3.22. The first-order chi connectivity index (χ1) is 9.79. The fourth-order valence-corrected chi connectivity index (χ4v) is 4.01. The summed E-state index contributed by atoms with van der Waals surface area (Å²) < 4.78 is 11.6. The number of rotatable bonds is 4. The van der Waals surface area contributed by atoms with Crippen molar-refractivity contribution in [1.29, 1.82) is 0 Å². The zero-order valence-electron chi connectivity index (χ0n) is 12.3. The second kappa shape index (κ2) is 7.03. The number of likely N-dealkylation sites (tertiary alicyclic amines) is 1. The van der Waals surface area contributed by atoms with Crippen molar-refractivity contribution >= 4 is 11.3 Å². The van der Waals surface area contributed by atoms with Crippen LogP contribution >= 0.6 is 11.3 Å². The number of hydrogen-bond donors (Lipinski definition) is 0. The zero-order valence-corrected chi connectivity index (χ0v) is 13.2. The van der Waals surface area contributed by atoms with Gasteiger partial charge in [-0.05, 0) is 44.7 Å². The number of ether oxygens (including phenoxy) is 2. The number of thiophene rings is 1. The normalized spacial score (nSPS) is 23.2. The number of hydrogen-bond acceptors (Lipinski definition) is 4. The predicted molar refractivity (Wildman–Crippen MR) is 82.3 cm³/mol. The Kier molecular flexibility index (Phi) is 5.10. The van der Waals surface area contributed by atoms with Gasteiger partial charge in [0.25, 0.3) is 0 Å². The van der Waals surface area contributed by atoms with E-state index in [2.05, 4.69) is 24.0 Å². The lowest BCUT2D eigenvalue weighted by Crippen LogP contribution is -2.38. The van der Waals surface area contributed by atoms with Crippen LogP contribution in [0, 0.1) is 6.92 Å². The zero-order chi connectivity index (χ0) is 13.8. The highest BCUT2D eigenvalue weighted by atomic mass is 32.1. The Labute approximate surface area is 125 Å². The van der Waals surface area contributed by atoms with Crippen LogP contribution in [-0.2, 0) is 16.0 Å². The van der Waals surface area contributed by atoms with E-state index in [0.29, 0.717) is 12.2 Å². The van der Waals surface area contributed by atoms with Gasteiger partial charge in [0.15, 0.2) is 0 Å². The molecule has 1 aromatic rings. The summed E-state index contributed by atoms with van der Waals surface area (Å²) >= 11 is 1.92. The molecule has 2 saturated heterocycles. The molecule has 2 fully saturated rings. The third kappa shape index (κ3) is 4.04. The molecule has 4 heteroatoms. The second-order valence-corrected chi connectivity index (χ2v) is 7.31. The molecule has 0 aliphatic carbocycles. The van der Waals surface area contributed by atoms with Crippen molar-refractivity contribution in [1.82, 2.24) is 4.90 Å². The summed E-state index contributed by atoms with van der Waals surface area (Å²) in [6, 6.07) is 4.49. The summed E-state index contributed by atoms with van der Waals surface area (Å²) in [6.07, 6.45) is 5.44. The first-order valence-corrected chi connectivity index (χ1v) is 8.62. The van der Waals surface area contributed by atoms with Gasteiger partial charge < -0.3 is 9.47 Å². The van der Waals surface area contributed by atoms with Crippen molar-refractivity contribution in [2.24, 2.45) is 0 Å². The van der Waals surface area contributed by atoms with Gasteiger partial charge in [-0.1, -0.05) is 0 Å². The summed E-state index contributed by atoms with van der Waals surface area (Å²) in [7, 11) is 0. The molecule has 2 aliphatic rings. The first-order valence-electron chi connectivity index (χ1n) is 7.80. The minimum atomic E-state index is 0.445. The summed E-state index contributed by atoms with van der Waals surface area (Å²) in [5, 5.41) is 0. The Morgan fingerprint density at radius 1 is 1.15 bits per heavy atom. The van der Waals surface area contributed by atoms with Gasteiger partial charge in [0, 0.05) is 42.6 Å². The highest BCUT2D eigenvalue weighted by Gasteiger charge is 2.24. The van der Waals surface area contributed by atoms with E-state index in [-0.39, 0.29) is 0 Å². The molecular weight excluding hydrogens is 270 g/mol. The maximum Gasteiger partial charge on any atom is 0.0622 e. The molecule has 2 aliphatic heterocycles. The van der Waals surface area contributed by atoms with Crippen molar-refractivity contribution in [3.8, 4) is 0 Å². The molecule has 1 aromatic heterocycles. The van der Waals surface area contributed by atoms with E-state index in [4.69, 9.17) is 9.47 Å². The SMILES string of the molecule is Cc1ccc(CN2CCC(OC3CCOCC3)CC2)s1. The number of nitrogens with zero attached hydrogens (tertiary/aromatic N) is 1. The van der Waals surface area contributed by atoms with Gasteiger partial charge in [-0.15, -0.1) is 11.3 Å². The molecule has 0 spiro atoms. The smallest absolute Gasteiger partial charge is 0.0622 e. The lowest BCUT2D eigenvalue weighted by molar-refractivity contribution is -0.0851. The van der Waals surface area contributed by atoms with Crippen molar-refractivity contribution in [2.75, 3.05) is 26.3 Å². The van der Waals surface area contributed by atoms with Crippen LogP contribution in [0.1, 0.15) is 35.4 Å². The Balaban J connectivity index is 1.40. The molecule has 0 atom stereocenters. The Morgan fingerprint density at radius 3 is 2.50 bits per heavy atom. The largest absolute Gasteiger partial charge is 0.381 e. The van der Waals surface area contributed by atoms with Crippen LogP contribution in [0.2, 0.25) is 0 Å². The summed E-state index contributed by atoms with van der Waals surface area (Å²) in [5.41, 5.74) is 0. The molecule has 0 N–H and O–H groups in total. The third-order valence-electron chi connectivity index (χ3n) is 4.26. The van der Waals surface area contributed by atoms with Gasteiger partial charge in [-0.3, -0.25) is 4.90 Å². The summed E-state index contributed by atoms with van der Waals surface area (Å²) in [6.45, 7) is 7.39. The standard InChI is InChI=1S/C16H25NO2S/c1-13-2-3-16(20-13)12-17-8-4-14(5-9-17)19-15-6-10-18-11-7-15/h2-3,14-15H,4-12H2,1H3. The van der Waals surface area contributed by atoms with Gasteiger partial charge in [-0.2, -0.15) is 0 Å². The lowest BCUT2D eigenvalue weighted by atomic mass is 10.1. The highest BCUT2D eigenvalue weighted by molar-refractivity contribution is 7.11. The van der Waals surface area contributed by atoms with Crippen molar-refractivity contribution < 1.29 is 9.47 Å². The minimum absolute atomic E-state index is 0.445. The van der Waals surface area contributed by atoms with E-state index < -0.39 is 0 Å². The topological polar surface area (TPSA) is 21.7 Å². The minimum Gasteiger partial charge on any atom is -0.381 e.